The van der Waals surface area contributed by atoms with Crippen LogP contribution in [-0.2, 0) is 0 Å². The monoisotopic (exact) mass is 324 g/mol. The van der Waals surface area contributed by atoms with Gasteiger partial charge in [-0.2, -0.15) is 0 Å². The van der Waals surface area contributed by atoms with Gasteiger partial charge >= 0.3 is 0 Å². The van der Waals surface area contributed by atoms with Crippen molar-refractivity contribution in [2.24, 2.45) is 0 Å². The van der Waals surface area contributed by atoms with E-state index in [1.54, 1.807) is 19.2 Å². The van der Waals surface area contributed by atoms with Crippen LogP contribution in [0.4, 0.5) is 5.69 Å². The van der Waals surface area contributed by atoms with Crippen LogP contribution in [0, 0.1) is 6.92 Å². The molecule has 6 heteroatoms. The van der Waals surface area contributed by atoms with Crippen molar-refractivity contribution in [3.63, 3.8) is 0 Å². The summed E-state index contributed by atoms with van der Waals surface area (Å²) < 4.78 is 7.13. The van der Waals surface area contributed by atoms with Gasteiger partial charge in [0.1, 0.15) is 11.3 Å². The van der Waals surface area contributed by atoms with Crippen molar-refractivity contribution in [1.82, 2.24) is 15.0 Å². The molecule has 3 aromatic rings. The second-order valence-corrected chi connectivity index (χ2v) is 5.99. The Kier molecular flexibility index (Phi) is 4.20. The topological polar surface area (TPSA) is 69.0 Å². The number of nitrogens with zero attached hydrogens (tertiary/aromatic N) is 3. The number of aryl methyl sites for hydroxylation is 1. The van der Waals surface area contributed by atoms with Gasteiger partial charge in [0.05, 0.1) is 18.3 Å². The smallest absolute Gasteiger partial charge is 0.255 e. The molecule has 0 unspecified atom stereocenters. The summed E-state index contributed by atoms with van der Waals surface area (Å²) in [6.45, 7) is 6.04. The zero-order chi connectivity index (χ0) is 17.3. The minimum Gasteiger partial charge on any atom is -0.495 e. The predicted molar refractivity (Wildman–Crippen MR) is 93.6 cm³/mol. The summed E-state index contributed by atoms with van der Waals surface area (Å²) in [4.78, 5) is 12.6. The van der Waals surface area contributed by atoms with E-state index >= 15 is 0 Å². The van der Waals surface area contributed by atoms with Crippen LogP contribution < -0.4 is 10.1 Å². The van der Waals surface area contributed by atoms with Gasteiger partial charge < -0.3 is 10.1 Å². The van der Waals surface area contributed by atoms with Crippen LogP contribution in [-0.4, -0.2) is 28.0 Å². The Morgan fingerprint density at radius 3 is 2.71 bits per heavy atom. The first-order valence-electron chi connectivity index (χ1n) is 7.80. The lowest BCUT2D eigenvalue weighted by Crippen LogP contribution is -2.12. The zero-order valence-corrected chi connectivity index (χ0v) is 14.2. The fourth-order valence-electron chi connectivity index (χ4n) is 2.58. The molecule has 0 spiro atoms. The fraction of sp³-hybridized carbons (Fsp3) is 0.278. The first-order chi connectivity index (χ1) is 11.5. The van der Waals surface area contributed by atoms with Crippen LogP contribution >= 0.6 is 0 Å². The van der Waals surface area contributed by atoms with E-state index in [4.69, 9.17) is 4.74 Å². The Hall–Kier alpha value is -2.89. The maximum Gasteiger partial charge on any atom is 0.255 e. The normalized spacial score (nSPS) is 11.0. The molecule has 0 aliphatic rings. The van der Waals surface area contributed by atoms with Crippen LogP contribution in [0.5, 0.6) is 5.75 Å². The van der Waals surface area contributed by atoms with Crippen molar-refractivity contribution in [2.45, 2.75) is 26.8 Å². The SMILES string of the molecule is COc1ccc(C)cc1NC(=O)c1ccc2c(c1)nnn2C(C)C. The number of benzene rings is 2. The lowest BCUT2D eigenvalue weighted by molar-refractivity contribution is 0.102. The Balaban J connectivity index is 1.90. The summed E-state index contributed by atoms with van der Waals surface area (Å²) in [6.07, 6.45) is 0. The average Bonchev–Trinajstić information content (AvgIpc) is 2.98. The molecule has 0 aliphatic heterocycles. The highest BCUT2D eigenvalue weighted by atomic mass is 16.5. The molecule has 1 aromatic heterocycles. The third kappa shape index (κ3) is 2.95. The van der Waals surface area contributed by atoms with E-state index in [1.165, 1.54) is 0 Å². The maximum absolute atomic E-state index is 12.6. The molecule has 0 atom stereocenters. The summed E-state index contributed by atoms with van der Waals surface area (Å²) in [5.41, 5.74) is 3.83. The third-order valence-electron chi connectivity index (χ3n) is 3.83. The maximum atomic E-state index is 12.6. The molecule has 24 heavy (non-hydrogen) atoms. The Morgan fingerprint density at radius 1 is 1.21 bits per heavy atom. The van der Waals surface area contributed by atoms with Gasteiger partial charge in [0.15, 0.2) is 0 Å². The number of anilines is 1. The number of fused-ring (bicyclic) bond motifs is 1. The Morgan fingerprint density at radius 2 is 2.00 bits per heavy atom. The first-order valence-corrected chi connectivity index (χ1v) is 7.80. The second kappa shape index (κ2) is 6.31. The molecule has 3 rings (SSSR count). The summed E-state index contributed by atoms with van der Waals surface area (Å²) in [5, 5.41) is 11.2. The molecule has 1 heterocycles. The number of hydrogen-bond acceptors (Lipinski definition) is 4. The molecule has 1 N–H and O–H groups in total. The van der Waals surface area contributed by atoms with Crippen molar-refractivity contribution >= 4 is 22.6 Å². The molecule has 0 saturated heterocycles. The second-order valence-electron chi connectivity index (χ2n) is 5.99. The van der Waals surface area contributed by atoms with Crippen LogP contribution in [0.2, 0.25) is 0 Å². The first kappa shape index (κ1) is 16.0. The van der Waals surface area contributed by atoms with Crippen molar-refractivity contribution in [1.29, 1.82) is 0 Å². The molecule has 124 valence electrons. The van der Waals surface area contributed by atoms with E-state index in [1.807, 2.05) is 49.7 Å². The van der Waals surface area contributed by atoms with E-state index in [2.05, 4.69) is 15.6 Å². The summed E-state index contributed by atoms with van der Waals surface area (Å²) in [6, 6.07) is 11.3. The van der Waals surface area contributed by atoms with Crippen LogP contribution in [0.3, 0.4) is 0 Å². The molecule has 2 aromatic carbocycles. The average molecular weight is 324 g/mol. The molecule has 6 nitrogen and oxygen atoms in total. The number of carbonyl (C=O) groups excluding carboxylic acids is 1. The van der Waals surface area contributed by atoms with Crippen molar-refractivity contribution < 1.29 is 9.53 Å². The highest BCUT2D eigenvalue weighted by Crippen LogP contribution is 2.26. The summed E-state index contributed by atoms with van der Waals surface area (Å²) >= 11 is 0. The van der Waals surface area contributed by atoms with Gasteiger partial charge in [0.2, 0.25) is 0 Å². The number of amides is 1. The van der Waals surface area contributed by atoms with Gasteiger partial charge in [-0.1, -0.05) is 11.3 Å². The summed E-state index contributed by atoms with van der Waals surface area (Å²) in [7, 11) is 1.58. The third-order valence-corrected chi connectivity index (χ3v) is 3.83. The molecule has 0 bridgehead atoms. The molecule has 0 aliphatic carbocycles. The van der Waals surface area contributed by atoms with Crippen molar-refractivity contribution in [2.75, 3.05) is 12.4 Å². The number of rotatable bonds is 4. The number of aromatic nitrogens is 3. The van der Waals surface area contributed by atoms with Gasteiger partial charge in [-0.05, 0) is 56.7 Å². The molecule has 0 fully saturated rings. The van der Waals surface area contributed by atoms with Gasteiger partial charge in [-0.25, -0.2) is 4.68 Å². The van der Waals surface area contributed by atoms with E-state index in [-0.39, 0.29) is 11.9 Å². The van der Waals surface area contributed by atoms with Gasteiger partial charge in [-0.15, -0.1) is 5.10 Å². The minimum atomic E-state index is -0.208. The van der Waals surface area contributed by atoms with E-state index in [0.29, 0.717) is 22.5 Å². The number of carbonyl (C=O) groups is 1. The fourth-order valence-corrected chi connectivity index (χ4v) is 2.58. The van der Waals surface area contributed by atoms with Gasteiger partial charge in [0.25, 0.3) is 5.91 Å². The van der Waals surface area contributed by atoms with Gasteiger partial charge in [-0.3, -0.25) is 4.79 Å². The molecule has 0 radical (unpaired) electrons. The minimum absolute atomic E-state index is 0.208. The van der Waals surface area contributed by atoms with E-state index in [0.717, 1.165) is 11.1 Å². The van der Waals surface area contributed by atoms with E-state index < -0.39 is 0 Å². The number of ether oxygens (including phenoxy) is 1. The van der Waals surface area contributed by atoms with Crippen LogP contribution in [0.15, 0.2) is 36.4 Å². The molecule has 0 saturated carbocycles. The van der Waals surface area contributed by atoms with Crippen molar-refractivity contribution in [3.05, 3.63) is 47.5 Å². The quantitative estimate of drug-likeness (QED) is 0.796. The Labute approximate surface area is 140 Å². The highest BCUT2D eigenvalue weighted by Gasteiger charge is 2.13. The van der Waals surface area contributed by atoms with Gasteiger partial charge in [0, 0.05) is 11.6 Å². The number of hydrogen-bond donors (Lipinski definition) is 1. The lowest BCUT2D eigenvalue weighted by atomic mass is 10.1. The van der Waals surface area contributed by atoms with E-state index in [9.17, 15) is 4.79 Å². The summed E-state index contributed by atoms with van der Waals surface area (Å²) in [5.74, 6) is 0.417. The standard InChI is InChI=1S/C18H20N4O2/c1-11(2)22-16-7-6-13(10-14(16)20-21-22)18(23)19-15-9-12(3)5-8-17(15)24-4/h5-11H,1-4H3,(H,19,23). The lowest BCUT2D eigenvalue weighted by Gasteiger charge is -2.11. The van der Waals surface area contributed by atoms with Crippen molar-refractivity contribution in [3.8, 4) is 5.75 Å². The Bertz CT molecular complexity index is 899. The molecular weight excluding hydrogens is 304 g/mol. The zero-order valence-electron chi connectivity index (χ0n) is 14.2. The predicted octanol–water partition coefficient (Wildman–Crippen LogP) is 3.58. The van der Waals surface area contributed by atoms with Crippen LogP contribution in [0.25, 0.3) is 11.0 Å². The molecular formula is C18H20N4O2. The van der Waals surface area contributed by atoms with Crippen LogP contribution in [0.1, 0.15) is 35.8 Å². The molecule has 1 amide bonds. The number of methoxy groups -OCH3 is 1. The highest BCUT2D eigenvalue weighted by molar-refractivity contribution is 6.06. The number of nitrogens with one attached hydrogen (secondary N) is 1. The largest absolute Gasteiger partial charge is 0.495 e.